The van der Waals surface area contributed by atoms with Crippen LogP contribution in [0.3, 0.4) is 0 Å². The summed E-state index contributed by atoms with van der Waals surface area (Å²) in [5.74, 6) is 0.568. The average Bonchev–Trinajstić information content (AvgIpc) is 2.69. The van der Waals surface area contributed by atoms with Gasteiger partial charge in [0, 0.05) is 6.42 Å². The van der Waals surface area contributed by atoms with Crippen LogP contribution in [-0.4, -0.2) is 18.0 Å². The number of hydrogen-bond donors (Lipinski definition) is 1. The highest BCUT2D eigenvalue weighted by Gasteiger charge is 2.14. The standard InChI is InChI=1S/C21H17N3O3S/c22-28(26,27)17-12-10-16(11-13-17)24-20(14-15-6-2-1-3-7-15)23-19-9-5-4-8-18(19)21(24)25/h1-13H,14H2,(H2,22,26,27). The summed E-state index contributed by atoms with van der Waals surface area (Å²) in [5, 5.41) is 5.67. The van der Waals surface area contributed by atoms with Crippen LogP contribution < -0.4 is 10.7 Å². The molecule has 0 amide bonds. The maximum atomic E-state index is 13.2. The third kappa shape index (κ3) is 3.45. The van der Waals surface area contributed by atoms with Crippen LogP contribution >= 0.6 is 0 Å². The van der Waals surface area contributed by atoms with Crippen LogP contribution in [0.5, 0.6) is 0 Å². The molecule has 0 aliphatic heterocycles. The molecule has 0 bridgehead atoms. The predicted octanol–water partition coefficient (Wildman–Crippen LogP) is 2.62. The molecular formula is C21H17N3O3S. The molecule has 4 aromatic rings. The molecule has 6 nitrogen and oxygen atoms in total. The van der Waals surface area contributed by atoms with E-state index in [1.165, 1.54) is 16.7 Å². The van der Waals surface area contributed by atoms with Crippen molar-refractivity contribution in [2.45, 2.75) is 11.3 Å². The Bertz CT molecular complexity index is 1310. The lowest BCUT2D eigenvalue weighted by atomic mass is 10.1. The predicted molar refractivity (Wildman–Crippen MR) is 108 cm³/mol. The monoisotopic (exact) mass is 391 g/mol. The van der Waals surface area contributed by atoms with Crippen molar-refractivity contribution in [3.8, 4) is 5.69 Å². The van der Waals surface area contributed by atoms with E-state index in [1.807, 2.05) is 36.4 Å². The zero-order valence-corrected chi connectivity index (χ0v) is 15.6. The zero-order chi connectivity index (χ0) is 19.7. The number of fused-ring (bicyclic) bond motifs is 1. The van der Waals surface area contributed by atoms with Gasteiger partial charge in [-0.3, -0.25) is 9.36 Å². The Morgan fingerprint density at radius 2 is 1.50 bits per heavy atom. The van der Waals surface area contributed by atoms with Gasteiger partial charge < -0.3 is 0 Å². The summed E-state index contributed by atoms with van der Waals surface area (Å²) >= 11 is 0. The van der Waals surface area contributed by atoms with E-state index in [0.29, 0.717) is 28.8 Å². The summed E-state index contributed by atoms with van der Waals surface area (Å²) in [4.78, 5) is 17.9. The quantitative estimate of drug-likeness (QED) is 0.578. The first kappa shape index (κ1) is 18.1. The van der Waals surface area contributed by atoms with E-state index < -0.39 is 10.0 Å². The molecule has 0 aliphatic rings. The van der Waals surface area contributed by atoms with Crippen molar-refractivity contribution in [1.29, 1.82) is 0 Å². The van der Waals surface area contributed by atoms with Gasteiger partial charge in [0.1, 0.15) is 5.82 Å². The zero-order valence-electron chi connectivity index (χ0n) is 14.8. The van der Waals surface area contributed by atoms with Crippen molar-refractivity contribution in [2.75, 3.05) is 0 Å². The van der Waals surface area contributed by atoms with Gasteiger partial charge in [-0.15, -0.1) is 0 Å². The highest BCUT2D eigenvalue weighted by Crippen LogP contribution is 2.17. The molecule has 0 saturated carbocycles. The van der Waals surface area contributed by atoms with Gasteiger partial charge in [-0.2, -0.15) is 0 Å². The van der Waals surface area contributed by atoms with E-state index in [1.54, 1.807) is 30.3 Å². The first-order valence-electron chi connectivity index (χ1n) is 8.61. The Hall–Kier alpha value is -3.29. The molecule has 7 heteroatoms. The van der Waals surface area contributed by atoms with Crippen LogP contribution in [0.1, 0.15) is 11.4 Å². The summed E-state index contributed by atoms with van der Waals surface area (Å²) in [6.07, 6.45) is 0.456. The lowest BCUT2D eigenvalue weighted by Crippen LogP contribution is -2.24. The minimum Gasteiger partial charge on any atom is -0.268 e. The molecular weight excluding hydrogens is 374 g/mol. The highest BCUT2D eigenvalue weighted by molar-refractivity contribution is 7.89. The van der Waals surface area contributed by atoms with Crippen LogP contribution in [0.4, 0.5) is 0 Å². The normalized spacial score (nSPS) is 11.6. The number of aromatic nitrogens is 2. The van der Waals surface area contributed by atoms with E-state index in [2.05, 4.69) is 0 Å². The van der Waals surface area contributed by atoms with E-state index in [4.69, 9.17) is 10.1 Å². The van der Waals surface area contributed by atoms with Gasteiger partial charge in [0.05, 0.1) is 21.5 Å². The molecule has 2 N–H and O–H groups in total. The van der Waals surface area contributed by atoms with Crippen molar-refractivity contribution >= 4 is 20.9 Å². The third-order valence-corrected chi connectivity index (χ3v) is 5.40. The van der Waals surface area contributed by atoms with Crippen molar-refractivity contribution in [3.63, 3.8) is 0 Å². The fourth-order valence-corrected chi connectivity index (χ4v) is 3.64. The molecule has 1 heterocycles. The molecule has 3 aromatic carbocycles. The summed E-state index contributed by atoms with van der Waals surface area (Å²) in [7, 11) is -3.81. The number of primary sulfonamides is 1. The molecule has 0 unspecified atom stereocenters. The van der Waals surface area contributed by atoms with Crippen molar-refractivity contribution in [2.24, 2.45) is 5.14 Å². The number of nitrogens with zero attached hydrogens (tertiary/aromatic N) is 2. The molecule has 28 heavy (non-hydrogen) atoms. The first-order valence-corrected chi connectivity index (χ1v) is 10.2. The Morgan fingerprint density at radius 3 is 2.18 bits per heavy atom. The average molecular weight is 391 g/mol. The van der Waals surface area contributed by atoms with Crippen molar-refractivity contribution < 1.29 is 8.42 Å². The van der Waals surface area contributed by atoms with E-state index in [0.717, 1.165) is 5.56 Å². The summed E-state index contributed by atoms with van der Waals surface area (Å²) in [6.45, 7) is 0. The second kappa shape index (κ2) is 7.03. The van der Waals surface area contributed by atoms with Gasteiger partial charge in [0.15, 0.2) is 0 Å². The van der Waals surface area contributed by atoms with E-state index in [-0.39, 0.29) is 10.5 Å². The summed E-state index contributed by atoms with van der Waals surface area (Å²) in [5.41, 5.74) is 1.96. The molecule has 0 fully saturated rings. The highest BCUT2D eigenvalue weighted by atomic mass is 32.2. The van der Waals surface area contributed by atoms with E-state index >= 15 is 0 Å². The minimum atomic E-state index is -3.81. The summed E-state index contributed by atoms with van der Waals surface area (Å²) < 4.78 is 24.6. The molecule has 0 aliphatic carbocycles. The van der Waals surface area contributed by atoms with Crippen LogP contribution in [0.2, 0.25) is 0 Å². The fourth-order valence-electron chi connectivity index (χ4n) is 3.13. The molecule has 0 atom stereocenters. The smallest absolute Gasteiger partial charge is 0.265 e. The maximum absolute atomic E-state index is 13.2. The number of benzene rings is 3. The van der Waals surface area contributed by atoms with Crippen LogP contribution in [0.25, 0.3) is 16.6 Å². The van der Waals surface area contributed by atoms with Crippen LogP contribution in [0.15, 0.2) is 88.6 Å². The van der Waals surface area contributed by atoms with Gasteiger partial charge in [-0.1, -0.05) is 42.5 Å². The van der Waals surface area contributed by atoms with Gasteiger partial charge >= 0.3 is 0 Å². The van der Waals surface area contributed by atoms with Crippen molar-refractivity contribution in [3.05, 3.63) is 101 Å². The lowest BCUT2D eigenvalue weighted by molar-refractivity contribution is 0.598. The molecule has 0 radical (unpaired) electrons. The summed E-state index contributed by atoms with van der Waals surface area (Å²) in [6, 6.07) is 22.8. The van der Waals surface area contributed by atoms with Gasteiger partial charge in [0.25, 0.3) is 5.56 Å². The van der Waals surface area contributed by atoms with Gasteiger partial charge in [0.2, 0.25) is 10.0 Å². The number of sulfonamides is 1. The van der Waals surface area contributed by atoms with Crippen LogP contribution in [-0.2, 0) is 16.4 Å². The minimum absolute atomic E-state index is 0.0114. The number of hydrogen-bond acceptors (Lipinski definition) is 4. The van der Waals surface area contributed by atoms with Gasteiger partial charge in [-0.25, -0.2) is 18.5 Å². The topological polar surface area (TPSA) is 95.1 Å². The Kier molecular flexibility index (Phi) is 4.54. The molecule has 0 spiro atoms. The Labute approximate surface area is 162 Å². The largest absolute Gasteiger partial charge is 0.268 e. The molecule has 140 valence electrons. The van der Waals surface area contributed by atoms with Crippen molar-refractivity contribution in [1.82, 2.24) is 9.55 Å². The second-order valence-corrected chi connectivity index (χ2v) is 7.95. The first-order chi connectivity index (χ1) is 13.4. The Balaban J connectivity index is 1.93. The maximum Gasteiger partial charge on any atom is 0.265 e. The molecule has 1 aromatic heterocycles. The number of nitrogens with two attached hydrogens (primary N) is 1. The lowest BCUT2D eigenvalue weighted by Gasteiger charge is -2.14. The third-order valence-electron chi connectivity index (χ3n) is 4.47. The van der Waals surface area contributed by atoms with Crippen LogP contribution in [0, 0.1) is 0 Å². The molecule has 4 rings (SSSR count). The second-order valence-electron chi connectivity index (χ2n) is 6.39. The van der Waals surface area contributed by atoms with Gasteiger partial charge in [-0.05, 0) is 42.0 Å². The fraction of sp³-hybridized carbons (Fsp3) is 0.0476. The number of para-hydroxylation sites is 1. The molecule has 0 saturated heterocycles. The van der Waals surface area contributed by atoms with E-state index in [9.17, 15) is 13.2 Å². The SMILES string of the molecule is NS(=O)(=O)c1ccc(-n2c(Cc3ccccc3)nc3ccccc3c2=O)cc1. The Morgan fingerprint density at radius 1 is 0.857 bits per heavy atom. The number of rotatable bonds is 4.